The Morgan fingerprint density at radius 3 is 2.33 bits per heavy atom. The largest absolute Gasteiger partial charge is 0.474 e. The van der Waals surface area contributed by atoms with E-state index >= 15 is 0 Å². The number of likely N-dealkylation sites (N-methyl/N-ethyl adjacent to an activating group) is 1. The maximum absolute atomic E-state index is 13.9. The van der Waals surface area contributed by atoms with Crippen LogP contribution in [0.4, 0.5) is 34.1 Å². The summed E-state index contributed by atoms with van der Waals surface area (Å²) in [5, 5.41) is 11.6. The predicted molar refractivity (Wildman–Crippen MR) is 194 cm³/mol. The minimum Gasteiger partial charge on any atom is -0.474 e. The molecule has 0 bridgehead atoms. The number of ether oxygens (including phenoxy) is 1. The Balaban J connectivity index is 1.23. The number of benzene rings is 2. The van der Waals surface area contributed by atoms with Gasteiger partial charge >= 0.3 is 30.2 Å². The van der Waals surface area contributed by atoms with Crippen LogP contribution in [-0.4, -0.2) is 113 Å². The Bertz CT molecular complexity index is 1730. The van der Waals surface area contributed by atoms with E-state index in [-0.39, 0.29) is 54.1 Å². The molecule has 3 aliphatic heterocycles. The van der Waals surface area contributed by atoms with Gasteiger partial charge in [0.15, 0.2) is 6.10 Å². The molecule has 3 aliphatic rings. The first-order valence-electron chi connectivity index (χ1n) is 18.1. The molecule has 2 saturated heterocycles. The van der Waals surface area contributed by atoms with Crippen molar-refractivity contribution < 1.29 is 47.0 Å². The van der Waals surface area contributed by atoms with Gasteiger partial charge in [-0.3, -0.25) is 9.59 Å². The second kappa shape index (κ2) is 17.2. The van der Waals surface area contributed by atoms with E-state index in [0.717, 1.165) is 17.3 Å². The van der Waals surface area contributed by atoms with E-state index in [1.807, 2.05) is 31.2 Å². The first-order chi connectivity index (χ1) is 25.5. The molecule has 0 aromatic heterocycles. The molecule has 1 unspecified atom stereocenters. The number of amides is 5. The fraction of sp³-hybridized carbons (Fsp3) is 0.541. The van der Waals surface area contributed by atoms with Crippen molar-refractivity contribution in [3.8, 4) is 0 Å². The summed E-state index contributed by atoms with van der Waals surface area (Å²) in [5.74, 6) is -2.77. The second-order valence-electron chi connectivity index (χ2n) is 14.3. The number of likely N-dealkylation sites (tertiary alicyclic amines) is 2. The zero-order valence-corrected chi connectivity index (χ0v) is 31.0. The van der Waals surface area contributed by atoms with Crippen LogP contribution in [0.1, 0.15) is 55.7 Å². The zero-order chi connectivity index (χ0) is 39.3. The lowest BCUT2D eigenvalue weighted by atomic mass is 9.83. The summed E-state index contributed by atoms with van der Waals surface area (Å²) < 4.78 is 47.2. The number of carbonyl (C=O) groups excluding carboxylic acids is 4. The highest BCUT2D eigenvalue weighted by Crippen LogP contribution is 2.38. The Morgan fingerprint density at radius 2 is 1.69 bits per heavy atom. The summed E-state index contributed by atoms with van der Waals surface area (Å²) in [5.41, 5.74) is 5.62. The molecule has 13 nitrogen and oxygen atoms in total. The van der Waals surface area contributed by atoms with Gasteiger partial charge in [0.05, 0.1) is 16.3 Å². The molecule has 2 aromatic rings. The number of rotatable bonds is 9. The van der Waals surface area contributed by atoms with Gasteiger partial charge < -0.3 is 40.5 Å². The number of anilines is 2. The molecule has 2 fully saturated rings. The standard InChI is InChI=1S/C37H46ClF3N6O7/c1-22(24-8-14-45(15-9-24)33(49)34(50)51)7-13-44(2)32(48)30(21-23-19-27(37(39,40)41)31(42)28(38)20-23)54-36(53)46-16-11-26(12-17-46)47-18-10-25-5-3-4-6-29(25)43-35(47)52/h3-6,19-20,22,24,26,30H,7-18,21,42H2,1-2H3,(H,43,52)(H,50,51)/t22?,30-/m1/s1. The quantitative estimate of drug-likeness (QED) is 0.227. The van der Waals surface area contributed by atoms with Gasteiger partial charge in [0.1, 0.15) is 0 Å². The van der Waals surface area contributed by atoms with Crippen molar-refractivity contribution in [2.24, 2.45) is 11.8 Å². The minimum atomic E-state index is -4.82. The highest BCUT2D eigenvalue weighted by Gasteiger charge is 2.37. The molecule has 0 spiro atoms. The number of aliphatic carboxylic acids is 1. The molecule has 2 aromatic carbocycles. The van der Waals surface area contributed by atoms with Crippen LogP contribution in [0.5, 0.6) is 0 Å². The van der Waals surface area contributed by atoms with Crippen LogP contribution in [0.2, 0.25) is 5.02 Å². The normalized spacial score (nSPS) is 18.3. The van der Waals surface area contributed by atoms with Gasteiger partial charge in [-0.1, -0.05) is 36.7 Å². The number of carboxylic acids is 1. The van der Waals surface area contributed by atoms with E-state index in [4.69, 9.17) is 27.2 Å². The smallest absolute Gasteiger partial charge is 0.418 e. The third-order valence-electron chi connectivity index (χ3n) is 10.9. The second-order valence-corrected chi connectivity index (χ2v) is 14.7. The predicted octanol–water partition coefficient (Wildman–Crippen LogP) is 5.35. The number of halogens is 4. The van der Waals surface area contributed by atoms with Crippen molar-refractivity contribution in [1.29, 1.82) is 0 Å². The van der Waals surface area contributed by atoms with Gasteiger partial charge in [0.25, 0.3) is 5.91 Å². The number of hydrogen-bond acceptors (Lipinski definition) is 7. The lowest BCUT2D eigenvalue weighted by Crippen LogP contribution is -2.51. The highest BCUT2D eigenvalue weighted by atomic mass is 35.5. The molecule has 54 heavy (non-hydrogen) atoms. The number of nitrogen functional groups attached to an aromatic ring is 1. The summed E-state index contributed by atoms with van der Waals surface area (Å²) in [6.45, 7) is 3.84. The fourth-order valence-corrected chi connectivity index (χ4v) is 7.75. The van der Waals surface area contributed by atoms with E-state index in [0.29, 0.717) is 58.2 Å². The van der Waals surface area contributed by atoms with Crippen molar-refractivity contribution in [2.75, 3.05) is 57.4 Å². The molecular weight excluding hydrogens is 733 g/mol. The number of alkyl halides is 3. The number of fused-ring (bicyclic) bond motifs is 1. The van der Waals surface area contributed by atoms with Gasteiger partial charge in [0.2, 0.25) is 0 Å². The molecule has 5 rings (SSSR count). The van der Waals surface area contributed by atoms with Crippen molar-refractivity contribution >= 4 is 52.9 Å². The average Bonchev–Trinajstić information content (AvgIpc) is 3.31. The van der Waals surface area contributed by atoms with E-state index in [1.165, 1.54) is 27.8 Å². The fourth-order valence-electron chi connectivity index (χ4n) is 7.51. The number of nitrogens with two attached hydrogens (primary N) is 1. The van der Waals surface area contributed by atoms with E-state index < -0.39 is 53.8 Å². The molecule has 294 valence electrons. The monoisotopic (exact) mass is 778 g/mol. The zero-order valence-electron chi connectivity index (χ0n) is 30.2. The van der Waals surface area contributed by atoms with Gasteiger partial charge in [-0.25, -0.2) is 14.4 Å². The average molecular weight is 779 g/mol. The lowest BCUT2D eigenvalue weighted by molar-refractivity contribution is -0.156. The third-order valence-corrected chi connectivity index (χ3v) is 11.2. The van der Waals surface area contributed by atoms with Crippen molar-refractivity contribution in [2.45, 2.75) is 70.2 Å². The first-order valence-corrected chi connectivity index (χ1v) is 18.4. The number of piperidine rings is 2. The van der Waals surface area contributed by atoms with Crippen molar-refractivity contribution in [3.63, 3.8) is 0 Å². The molecule has 0 aliphatic carbocycles. The van der Waals surface area contributed by atoms with Gasteiger partial charge in [-0.15, -0.1) is 0 Å². The first kappa shape index (κ1) is 40.5. The van der Waals surface area contributed by atoms with Crippen LogP contribution in [0.3, 0.4) is 0 Å². The topological polar surface area (TPSA) is 166 Å². The summed E-state index contributed by atoms with van der Waals surface area (Å²) in [6, 6.07) is 9.26. The summed E-state index contributed by atoms with van der Waals surface area (Å²) in [7, 11) is 1.52. The third kappa shape index (κ3) is 9.68. The van der Waals surface area contributed by atoms with Crippen molar-refractivity contribution in [3.05, 3.63) is 58.1 Å². The summed E-state index contributed by atoms with van der Waals surface area (Å²) in [6.07, 6.45) is -4.18. The van der Waals surface area contributed by atoms with Gasteiger partial charge in [-0.05, 0) is 79.7 Å². The number of hydrogen-bond donors (Lipinski definition) is 3. The summed E-state index contributed by atoms with van der Waals surface area (Å²) in [4.78, 5) is 69.3. The Hall–Kier alpha value is -4.73. The van der Waals surface area contributed by atoms with Crippen LogP contribution in [0.25, 0.3) is 0 Å². The van der Waals surface area contributed by atoms with Crippen molar-refractivity contribution in [1.82, 2.24) is 19.6 Å². The number of urea groups is 1. The Labute approximate surface area is 316 Å². The number of para-hydroxylation sites is 1. The van der Waals surface area contributed by atoms with Crippen LogP contribution in [-0.2, 0) is 38.1 Å². The molecule has 3 heterocycles. The molecule has 2 atom stereocenters. The number of nitrogens with one attached hydrogen (secondary N) is 1. The molecule has 5 amide bonds. The highest BCUT2D eigenvalue weighted by molar-refractivity contribution is 6.33. The van der Waals surface area contributed by atoms with Crippen LogP contribution >= 0.6 is 11.6 Å². The number of carbonyl (C=O) groups is 5. The van der Waals surface area contributed by atoms with E-state index in [2.05, 4.69) is 5.32 Å². The maximum atomic E-state index is 13.9. The number of carboxylic acid groups (broad SMARTS) is 1. The van der Waals surface area contributed by atoms with Crippen LogP contribution in [0, 0.1) is 11.8 Å². The minimum absolute atomic E-state index is 0.00370. The molecule has 17 heteroatoms. The van der Waals surface area contributed by atoms with Crippen LogP contribution in [0.15, 0.2) is 36.4 Å². The van der Waals surface area contributed by atoms with Gasteiger partial charge in [-0.2, -0.15) is 13.2 Å². The maximum Gasteiger partial charge on any atom is 0.418 e. The number of nitrogens with zero attached hydrogens (tertiary/aromatic N) is 4. The summed E-state index contributed by atoms with van der Waals surface area (Å²) >= 11 is 6.08. The van der Waals surface area contributed by atoms with Crippen LogP contribution < -0.4 is 11.1 Å². The SMILES string of the molecule is CC(CCN(C)C(=O)[C@@H](Cc1cc(Cl)c(N)c(C(F)(F)F)c1)OC(=O)N1CCC(N2CCc3ccccc3NC2=O)CC1)C1CCN(C(=O)C(=O)O)CC1. The van der Waals surface area contributed by atoms with E-state index in [1.54, 1.807) is 4.90 Å². The van der Waals surface area contributed by atoms with E-state index in [9.17, 15) is 37.1 Å². The molecule has 4 N–H and O–H groups in total. The lowest BCUT2D eigenvalue weighted by Gasteiger charge is -2.38. The van der Waals surface area contributed by atoms with Gasteiger partial charge in [0, 0.05) is 64.5 Å². The molecular formula is C37H46ClF3N6O7. The Kier molecular flexibility index (Phi) is 12.9. The Morgan fingerprint density at radius 1 is 1.04 bits per heavy atom. The molecule has 0 radical (unpaired) electrons. The molecule has 0 saturated carbocycles.